The van der Waals surface area contributed by atoms with Gasteiger partial charge in [0, 0.05) is 12.7 Å². The summed E-state index contributed by atoms with van der Waals surface area (Å²) >= 11 is 1.47. The highest BCUT2D eigenvalue weighted by atomic mass is 32.1. The van der Waals surface area contributed by atoms with Crippen LogP contribution in [0.15, 0.2) is 54.7 Å². The SMILES string of the molecule is O=C(NCc1ccccc1)c1cc2ncccc2s1. The summed E-state index contributed by atoms with van der Waals surface area (Å²) in [5.41, 5.74) is 1.97. The van der Waals surface area contributed by atoms with E-state index < -0.39 is 0 Å². The van der Waals surface area contributed by atoms with Crippen LogP contribution in [0.3, 0.4) is 0 Å². The van der Waals surface area contributed by atoms with Gasteiger partial charge in [-0.3, -0.25) is 9.78 Å². The molecule has 0 unspecified atom stereocenters. The summed E-state index contributed by atoms with van der Waals surface area (Å²) in [4.78, 5) is 17.0. The zero-order valence-corrected chi connectivity index (χ0v) is 11.0. The molecular weight excluding hydrogens is 256 g/mol. The fraction of sp³-hybridized carbons (Fsp3) is 0.0667. The summed E-state index contributed by atoms with van der Waals surface area (Å²) < 4.78 is 1.03. The lowest BCUT2D eigenvalue weighted by Crippen LogP contribution is -2.21. The second-order valence-corrected chi connectivity index (χ2v) is 5.25. The summed E-state index contributed by atoms with van der Waals surface area (Å²) in [5, 5.41) is 2.92. The Labute approximate surface area is 114 Å². The van der Waals surface area contributed by atoms with Gasteiger partial charge in [0.2, 0.25) is 0 Å². The molecule has 1 amide bonds. The molecule has 0 aliphatic carbocycles. The number of fused-ring (bicyclic) bond motifs is 1. The van der Waals surface area contributed by atoms with Crippen LogP contribution in [-0.2, 0) is 6.54 Å². The van der Waals surface area contributed by atoms with Gasteiger partial charge < -0.3 is 5.32 Å². The number of benzene rings is 1. The first-order valence-electron chi connectivity index (χ1n) is 5.99. The minimum absolute atomic E-state index is 0.0492. The average molecular weight is 268 g/mol. The van der Waals surface area contributed by atoms with Gasteiger partial charge in [-0.2, -0.15) is 0 Å². The van der Waals surface area contributed by atoms with Crippen molar-refractivity contribution in [1.29, 1.82) is 0 Å². The van der Waals surface area contributed by atoms with Crippen molar-refractivity contribution in [3.63, 3.8) is 0 Å². The molecule has 3 aromatic rings. The number of hydrogen-bond donors (Lipinski definition) is 1. The number of hydrogen-bond acceptors (Lipinski definition) is 3. The van der Waals surface area contributed by atoms with E-state index in [0.29, 0.717) is 11.4 Å². The smallest absolute Gasteiger partial charge is 0.261 e. The molecule has 0 aliphatic rings. The van der Waals surface area contributed by atoms with Gasteiger partial charge in [0.1, 0.15) is 0 Å². The molecule has 19 heavy (non-hydrogen) atoms. The van der Waals surface area contributed by atoms with Crippen molar-refractivity contribution in [1.82, 2.24) is 10.3 Å². The van der Waals surface area contributed by atoms with E-state index in [4.69, 9.17) is 0 Å². The maximum atomic E-state index is 12.1. The standard InChI is InChI=1S/C15H12N2OS/c18-15(17-10-11-5-2-1-3-6-11)14-9-12-13(19-14)7-4-8-16-12/h1-9H,10H2,(H,17,18). The van der Waals surface area contributed by atoms with Crippen molar-refractivity contribution in [3.05, 3.63) is 65.2 Å². The van der Waals surface area contributed by atoms with E-state index in [1.807, 2.05) is 48.5 Å². The lowest BCUT2D eigenvalue weighted by molar-refractivity contribution is 0.0955. The van der Waals surface area contributed by atoms with Crippen LogP contribution < -0.4 is 5.32 Å². The zero-order chi connectivity index (χ0) is 13.1. The molecular formula is C15H12N2OS. The number of carbonyl (C=O) groups excluding carboxylic acids is 1. The van der Waals surface area contributed by atoms with Crippen molar-refractivity contribution < 1.29 is 4.79 Å². The molecule has 0 atom stereocenters. The maximum Gasteiger partial charge on any atom is 0.261 e. The Kier molecular flexibility index (Phi) is 3.25. The summed E-state index contributed by atoms with van der Waals surface area (Å²) in [6.07, 6.45) is 1.74. The van der Waals surface area contributed by atoms with E-state index in [0.717, 1.165) is 15.8 Å². The molecule has 3 rings (SSSR count). The van der Waals surface area contributed by atoms with E-state index >= 15 is 0 Å². The molecule has 0 fully saturated rings. The van der Waals surface area contributed by atoms with Gasteiger partial charge in [-0.1, -0.05) is 30.3 Å². The van der Waals surface area contributed by atoms with Gasteiger partial charge in [0.15, 0.2) is 0 Å². The molecule has 2 aromatic heterocycles. The third-order valence-electron chi connectivity index (χ3n) is 2.81. The number of nitrogens with one attached hydrogen (secondary N) is 1. The Morgan fingerprint density at radius 3 is 2.79 bits per heavy atom. The highest BCUT2D eigenvalue weighted by Crippen LogP contribution is 2.23. The highest BCUT2D eigenvalue weighted by molar-refractivity contribution is 7.20. The molecule has 0 radical (unpaired) electrons. The molecule has 3 nitrogen and oxygen atoms in total. The second-order valence-electron chi connectivity index (χ2n) is 4.17. The average Bonchev–Trinajstić information content (AvgIpc) is 2.90. The molecule has 0 saturated heterocycles. The lowest BCUT2D eigenvalue weighted by atomic mass is 10.2. The van der Waals surface area contributed by atoms with Gasteiger partial charge in [-0.05, 0) is 23.8 Å². The number of pyridine rings is 1. The van der Waals surface area contributed by atoms with Gasteiger partial charge in [0.25, 0.3) is 5.91 Å². The summed E-state index contributed by atoms with van der Waals surface area (Å²) in [5.74, 6) is -0.0492. The normalized spacial score (nSPS) is 10.5. The first-order valence-corrected chi connectivity index (χ1v) is 6.81. The predicted octanol–water partition coefficient (Wildman–Crippen LogP) is 3.23. The first-order chi connectivity index (χ1) is 9.33. The van der Waals surface area contributed by atoms with Crippen LogP contribution in [0.5, 0.6) is 0 Å². The van der Waals surface area contributed by atoms with Crippen LogP contribution in [-0.4, -0.2) is 10.9 Å². The van der Waals surface area contributed by atoms with Crippen molar-refractivity contribution in [2.45, 2.75) is 6.54 Å². The Hall–Kier alpha value is -2.20. The molecule has 94 valence electrons. The van der Waals surface area contributed by atoms with Gasteiger partial charge in [-0.25, -0.2) is 0 Å². The predicted molar refractivity (Wildman–Crippen MR) is 77.2 cm³/mol. The van der Waals surface area contributed by atoms with Crippen molar-refractivity contribution in [2.75, 3.05) is 0 Å². The highest BCUT2D eigenvalue weighted by Gasteiger charge is 2.10. The van der Waals surface area contributed by atoms with E-state index in [2.05, 4.69) is 10.3 Å². The zero-order valence-electron chi connectivity index (χ0n) is 10.2. The largest absolute Gasteiger partial charge is 0.347 e. The van der Waals surface area contributed by atoms with E-state index in [1.165, 1.54) is 11.3 Å². The molecule has 1 N–H and O–H groups in total. The van der Waals surface area contributed by atoms with Crippen molar-refractivity contribution in [2.24, 2.45) is 0 Å². The molecule has 4 heteroatoms. The topological polar surface area (TPSA) is 42.0 Å². The maximum absolute atomic E-state index is 12.1. The van der Waals surface area contributed by atoms with Crippen LogP contribution in [0.2, 0.25) is 0 Å². The van der Waals surface area contributed by atoms with Crippen LogP contribution in [0, 0.1) is 0 Å². The van der Waals surface area contributed by atoms with E-state index in [1.54, 1.807) is 6.20 Å². The Morgan fingerprint density at radius 2 is 2.00 bits per heavy atom. The van der Waals surface area contributed by atoms with Crippen LogP contribution in [0.4, 0.5) is 0 Å². The second kappa shape index (κ2) is 5.20. The number of thiophene rings is 1. The van der Waals surface area contributed by atoms with Gasteiger partial charge in [0.05, 0.1) is 15.1 Å². The fourth-order valence-electron chi connectivity index (χ4n) is 1.85. The van der Waals surface area contributed by atoms with Crippen LogP contribution >= 0.6 is 11.3 Å². The number of carbonyl (C=O) groups is 1. The number of rotatable bonds is 3. The third kappa shape index (κ3) is 2.63. The van der Waals surface area contributed by atoms with Gasteiger partial charge in [-0.15, -0.1) is 11.3 Å². The molecule has 0 bridgehead atoms. The van der Waals surface area contributed by atoms with Crippen LogP contribution in [0.25, 0.3) is 10.2 Å². The Balaban J connectivity index is 1.73. The molecule has 2 heterocycles. The molecule has 0 aliphatic heterocycles. The quantitative estimate of drug-likeness (QED) is 0.792. The minimum atomic E-state index is -0.0492. The Morgan fingerprint density at radius 1 is 1.16 bits per heavy atom. The number of aromatic nitrogens is 1. The van der Waals surface area contributed by atoms with Crippen molar-refractivity contribution in [3.8, 4) is 0 Å². The van der Waals surface area contributed by atoms with Crippen LogP contribution in [0.1, 0.15) is 15.2 Å². The minimum Gasteiger partial charge on any atom is -0.347 e. The van der Waals surface area contributed by atoms with Gasteiger partial charge >= 0.3 is 0 Å². The molecule has 0 spiro atoms. The molecule has 1 aromatic carbocycles. The third-order valence-corrected chi connectivity index (χ3v) is 3.90. The lowest BCUT2D eigenvalue weighted by Gasteiger charge is -2.02. The Bertz CT molecular complexity index is 673. The summed E-state index contributed by atoms with van der Waals surface area (Å²) in [7, 11) is 0. The first kappa shape index (κ1) is 11.9. The summed E-state index contributed by atoms with van der Waals surface area (Å²) in [6, 6.07) is 15.6. The molecule has 0 saturated carbocycles. The number of nitrogens with zero attached hydrogens (tertiary/aromatic N) is 1. The van der Waals surface area contributed by atoms with Crippen molar-refractivity contribution >= 4 is 27.5 Å². The van der Waals surface area contributed by atoms with E-state index in [9.17, 15) is 4.79 Å². The monoisotopic (exact) mass is 268 g/mol. The fourth-order valence-corrected chi connectivity index (χ4v) is 2.78. The summed E-state index contributed by atoms with van der Waals surface area (Å²) in [6.45, 7) is 0.543. The number of amides is 1. The van der Waals surface area contributed by atoms with E-state index in [-0.39, 0.29) is 5.91 Å².